The maximum Gasteiger partial charge on any atom is 0.143 e. The summed E-state index contributed by atoms with van der Waals surface area (Å²) in [4.78, 5) is 11.4. The summed E-state index contributed by atoms with van der Waals surface area (Å²) in [6, 6.07) is 14.9. The van der Waals surface area contributed by atoms with Gasteiger partial charge >= 0.3 is 0 Å². The second kappa shape index (κ2) is 6.54. The Labute approximate surface area is 157 Å². The molecule has 4 heteroatoms. The van der Waals surface area contributed by atoms with E-state index in [1.54, 1.807) is 17.7 Å². The van der Waals surface area contributed by atoms with Gasteiger partial charge in [-0.15, -0.1) is 11.3 Å². The second-order valence-electron chi connectivity index (χ2n) is 6.67. The van der Waals surface area contributed by atoms with Crippen LogP contribution in [0, 0.1) is 27.7 Å². The summed E-state index contributed by atoms with van der Waals surface area (Å²) in [7, 11) is 0. The van der Waals surface area contributed by atoms with Crippen molar-refractivity contribution in [2.45, 2.75) is 27.7 Å². The fourth-order valence-corrected chi connectivity index (χ4v) is 4.24. The largest absolute Gasteiger partial charge is 0.339 e. The van der Waals surface area contributed by atoms with E-state index in [4.69, 9.17) is 0 Å². The standard InChI is InChI=1S/C22H21N3S/c1-13-9-10-17(11-15(13)3)19-16(4)26-22-20(19)21(23-12-24-22)25-18-8-6-5-7-14(18)2/h5-12H,1-4H3,(H,23,24,25). The Hall–Kier alpha value is -2.72. The monoisotopic (exact) mass is 359 g/mol. The lowest BCUT2D eigenvalue weighted by Crippen LogP contribution is -1.97. The van der Waals surface area contributed by atoms with Gasteiger partial charge in [-0.2, -0.15) is 0 Å². The van der Waals surface area contributed by atoms with E-state index in [0.29, 0.717) is 0 Å². The van der Waals surface area contributed by atoms with Crippen molar-refractivity contribution in [2.75, 3.05) is 5.32 Å². The maximum atomic E-state index is 4.57. The van der Waals surface area contributed by atoms with E-state index in [1.165, 1.54) is 32.7 Å². The molecule has 2 aromatic heterocycles. The Morgan fingerprint density at radius 2 is 1.65 bits per heavy atom. The number of para-hydroxylation sites is 1. The molecule has 0 unspecified atom stereocenters. The van der Waals surface area contributed by atoms with Crippen LogP contribution >= 0.6 is 11.3 Å². The zero-order chi connectivity index (χ0) is 18.3. The molecule has 0 aliphatic rings. The lowest BCUT2D eigenvalue weighted by Gasteiger charge is -2.11. The highest BCUT2D eigenvalue weighted by molar-refractivity contribution is 7.19. The summed E-state index contributed by atoms with van der Waals surface area (Å²) in [5, 5.41) is 4.62. The van der Waals surface area contributed by atoms with Gasteiger partial charge in [-0.3, -0.25) is 0 Å². The fraction of sp³-hybridized carbons (Fsp3) is 0.182. The number of anilines is 2. The molecule has 0 fully saturated rings. The first-order chi connectivity index (χ1) is 12.5. The maximum absolute atomic E-state index is 4.57. The quantitative estimate of drug-likeness (QED) is 0.464. The number of aryl methyl sites for hydroxylation is 4. The van der Waals surface area contributed by atoms with Gasteiger partial charge < -0.3 is 5.32 Å². The van der Waals surface area contributed by atoms with Crippen LogP contribution in [-0.2, 0) is 0 Å². The molecule has 4 aromatic rings. The molecule has 0 saturated heterocycles. The van der Waals surface area contributed by atoms with Crippen molar-refractivity contribution in [2.24, 2.45) is 0 Å². The number of rotatable bonds is 3. The SMILES string of the molecule is Cc1ccc(-c2c(C)sc3ncnc(Nc4ccccc4C)c23)cc1C. The molecular formula is C22H21N3S. The molecular weight excluding hydrogens is 338 g/mol. The van der Waals surface area contributed by atoms with Gasteiger partial charge in [-0.25, -0.2) is 9.97 Å². The summed E-state index contributed by atoms with van der Waals surface area (Å²) in [6.45, 7) is 8.57. The normalized spacial score (nSPS) is 11.1. The van der Waals surface area contributed by atoms with E-state index >= 15 is 0 Å². The molecule has 4 rings (SSSR count). The van der Waals surface area contributed by atoms with Crippen molar-refractivity contribution < 1.29 is 0 Å². The number of fused-ring (bicyclic) bond motifs is 1. The lowest BCUT2D eigenvalue weighted by molar-refractivity contribution is 1.23. The van der Waals surface area contributed by atoms with Crippen molar-refractivity contribution in [1.29, 1.82) is 0 Å². The van der Waals surface area contributed by atoms with Crippen LogP contribution in [-0.4, -0.2) is 9.97 Å². The smallest absolute Gasteiger partial charge is 0.143 e. The third-order valence-electron chi connectivity index (χ3n) is 4.86. The zero-order valence-corrected chi connectivity index (χ0v) is 16.2. The molecule has 1 N–H and O–H groups in total. The molecule has 0 aliphatic heterocycles. The van der Waals surface area contributed by atoms with E-state index in [1.807, 2.05) is 12.1 Å². The van der Waals surface area contributed by atoms with Crippen LogP contribution in [0.25, 0.3) is 21.3 Å². The Morgan fingerprint density at radius 1 is 0.846 bits per heavy atom. The van der Waals surface area contributed by atoms with Crippen molar-refractivity contribution in [3.63, 3.8) is 0 Å². The third kappa shape index (κ3) is 2.86. The molecule has 0 atom stereocenters. The molecule has 2 heterocycles. The summed E-state index contributed by atoms with van der Waals surface area (Å²) in [5.41, 5.74) is 7.32. The number of aromatic nitrogens is 2. The van der Waals surface area contributed by atoms with Crippen molar-refractivity contribution >= 4 is 33.1 Å². The second-order valence-corrected chi connectivity index (χ2v) is 7.88. The summed E-state index contributed by atoms with van der Waals surface area (Å²) in [5.74, 6) is 0.863. The van der Waals surface area contributed by atoms with Gasteiger partial charge in [-0.1, -0.05) is 36.4 Å². The number of hydrogen-bond donors (Lipinski definition) is 1. The van der Waals surface area contributed by atoms with Crippen molar-refractivity contribution in [3.05, 3.63) is 70.4 Å². The van der Waals surface area contributed by atoms with Gasteiger partial charge in [0.1, 0.15) is 17.0 Å². The Bertz CT molecular complexity index is 1110. The summed E-state index contributed by atoms with van der Waals surface area (Å²) >= 11 is 1.72. The van der Waals surface area contributed by atoms with Gasteiger partial charge in [0.2, 0.25) is 0 Å². The topological polar surface area (TPSA) is 37.8 Å². The molecule has 0 bridgehead atoms. The Balaban J connectivity index is 1.92. The number of nitrogens with zero attached hydrogens (tertiary/aromatic N) is 2. The average Bonchev–Trinajstić information content (AvgIpc) is 2.96. The van der Waals surface area contributed by atoms with E-state index in [-0.39, 0.29) is 0 Å². The molecule has 0 radical (unpaired) electrons. The molecule has 26 heavy (non-hydrogen) atoms. The zero-order valence-electron chi connectivity index (χ0n) is 15.4. The number of thiophene rings is 1. The first-order valence-corrected chi connectivity index (χ1v) is 9.50. The minimum Gasteiger partial charge on any atom is -0.339 e. The molecule has 0 amide bonds. The molecule has 2 aromatic carbocycles. The van der Waals surface area contributed by atoms with Gasteiger partial charge in [0.25, 0.3) is 0 Å². The highest BCUT2D eigenvalue weighted by Gasteiger charge is 2.17. The van der Waals surface area contributed by atoms with E-state index in [9.17, 15) is 0 Å². The minimum atomic E-state index is 0.863. The van der Waals surface area contributed by atoms with Crippen molar-refractivity contribution in [3.8, 4) is 11.1 Å². The Morgan fingerprint density at radius 3 is 2.42 bits per heavy atom. The van der Waals surface area contributed by atoms with Crippen LogP contribution in [0.4, 0.5) is 11.5 Å². The van der Waals surface area contributed by atoms with Crippen LogP contribution in [0.15, 0.2) is 48.8 Å². The number of benzene rings is 2. The van der Waals surface area contributed by atoms with E-state index < -0.39 is 0 Å². The highest BCUT2D eigenvalue weighted by Crippen LogP contribution is 2.41. The van der Waals surface area contributed by atoms with Crippen LogP contribution in [0.5, 0.6) is 0 Å². The predicted molar refractivity (Wildman–Crippen MR) is 112 cm³/mol. The van der Waals surface area contributed by atoms with Gasteiger partial charge in [0.15, 0.2) is 0 Å². The summed E-state index contributed by atoms with van der Waals surface area (Å²) in [6.07, 6.45) is 1.64. The number of nitrogens with one attached hydrogen (secondary N) is 1. The third-order valence-corrected chi connectivity index (χ3v) is 5.87. The molecule has 0 aliphatic carbocycles. The van der Waals surface area contributed by atoms with E-state index in [2.05, 4.69) is 73.3 Å². The molecule has 0 spiro atoms. The van der Waals surface area contributed by atoms with Gasteiger partial charge in [0.05, 0.1) is 5.39 Å². The van der Waals surface area contributed by atoms with Gasteiger partial charge in [-0.05, 0) is 56.0 Å². The van der Waals surface area contributed by atoms with Crippen LogP contribution in [0.3, 0.4) is 0 Å². The fourth-order valence-electron chi connectivity index (χ4n) is 3.22. The molecule has 3 nitrogen and oxygen atoms in total. The van der Waals surface area contributed by atoms with Crippen LogP contribution in [0.2, 0.25) is 0 Å². The predicted octanol–water partition coefficient (Wildman–Crippen LogP) is 6.34. The average molecular weight is 359 g/mol. The minimum absolute atomic E-state index is 0.863. The highest BCUT2D eigenvalue weighted by atomic mass is 32.1. The molecule has 0 saturated carbocycles. The van der Waals surface area contributed by atoms with Crippen molar-refractivity contribution in [1.82, 2.24) is 9.97 Å². The van der Waals surface area contributed by atoms with Gasteiger partial charge in [0, 0.05) is 16.1 Å². The molecule has 130 valence electrons. The first-order valence-electron chi connectivity index (χ1n) is 8.69. The van der Waals surface area contributed by atoms with Crippen LogP contribution < -0.4 is 5.32 Å². The first kappa shape index (κ1) is 16.7. The lowest BCUT2D eigenvalue weighted by atomic mass is 9.99. The number of hydrogen-bond acceptors (Lipinski definition) is 4. The summed E-state index contributed by atoms with van der Waals surface area (Å²) < 4.78 is 0. The van der Waals surface area contributed by atoms with Crippen LogP contribution in [0.1, 0.15) is 21.6 Å². The van der Waals surface area contributed by atoms with E-state index in [0.717, 1.165) is 21.7 Å². The Kier molecular flexibility index (Phi) is 4.21.